The molecule has 0 bridgehead atoms. The number of amides is 1. The predicted molar refractivity (Wildman–Crippen MR) is 64.4 cm³/mol. The molecule has 3 atom stereocenters. The number of aliphatic hydroxyl groups is 1. The van der Waals surface area contributed by atoms with Crippen LogP contribution in [0.5, 0.6) is 0 Å². The molecule has 0 radical (unpaired) electrons. The van der Waals surface area contributed by atoms with Crippen molar-refractivity contribution in [2.24, 2.45) is 17.3 Å². The molecule has 2 saturated heterocycles. The Morgan fingerprint density at radius 2 is 2.35 bits per heavy atom. The minimum Gasteiger partial charge on any atom is -0.396 e. The first-order chi connectivity index (χ1) is 8.25. The largest absolute Gasteiger partial charge is 0.396 e. The third-order valence-corrected chi connectivity index (χ3v) is 5.08. The molecule has 1 aliphatic carbocycles. The molecular formula is C13H22N2O2. The molecule has 3 rings (SSSR count). The Kier molecular flexibility index (Phi) is 2.87. The fourth-order valence-electron chi connectivity index (χ4n) is 3.96. The highest BCUT2D eigenvalue weighted by Gasteiger charge is 2.50. The average molecular weight is 238 g/mol. The van der Waals surface area contributed by atoms with Gasteiger partial charge in [0, 0.05) is 25.0 Å². The monoisotopic (exact) mass is 238 g/mol. The molecular weight excluding hydrogens is 216 g/mol. The minimum absolute atomic E-state index is 0.0433. The van der Waals surface area contributed by atoms with Crippen LogP contribution < -0.4 is 5.32 Å². The van der Waals surface area contributed by atoms with Gasteiger partial charge in [0.05, 0.1) is 12.5 Å². The van der Waals surface area contributed by atoms with E-state index < -0.39 is 0 Å². The van der Waals surface area contributed by atoms with Crippen molar-refractivity contribution in [1.29, 1.82) is 0 Å². The molecule has 1 amide bonds. The summed E-state index contributed by atoms with van der Waals surface area (Å²) >= 11 is 0. The van der Waals surface area contributed by atoms with Crippen molar-refractivity contribution >= 4 is 5.91 Å². The van der Waals surface area contributed by atoms with Crippen molar-refractivity contribution in [3.8, 4) is 0 Å². The Morgan fingerprint density at radius 3 is 3.00 bits per heavy atom. The lowest BCUT2D eigenvalue weighted by molar-refractivity contribution is -0.134. The molecule has 96 valence electrons. The van der Waals surface area contributed by atoms with Crippen molar-refractivity contribution in [1.82, 2.24) is 10.2 Å². The minimum atomic E-state index is 0.0433. The SMILES string of the molecule is O=C([C@@H]1CCNC1)N1C[C@H]2CCC[C@]2(CO)C1. The maximum atomic E-state index is 12.3. The van der Waals surface area contributed by atoms with Gasteiger partial charge in [-0.1, -0.05) is 6.42 Å². The maximum absolute atomic E-state index is 12.3. The first-order valence-corrected chi connectivity index (χ1v) is 6.85. The zero-order valence-electron chi connectivity index (χ0n) is 10.3. The Morgan fingerprint density at radius 1 is 1.47 bits per heavy atom. The van der Waals surface area contributed by atoms with Crippen LogP contribution in [0.1, 0.15) is 25.7 Å². The van der Waals surface area contributed by atoms with Gasteiger partial charge in [-0.2, -0.15) is 0 Å². The molecule has 0 spiro atoms. The number of fused-ring (bicyclic) bond motifs is 1. The molecule has 4 heteroatoms. The van der Waals surface area contributed by atoms with Crippen molar-refractivity contribution in [2.45, 2.75) is 25.7 Å². The topological polar surface area (TPSA) is 52.6 Å². The second-order valence-corrected chi connectivity index (χ2v) is 6.02. The van der Waals surface area contributed by atoms with Crippen LogP contribution in [0.3, 0.4) is 0 Å². The molecule has 2 aliphatic heterocycles. The van der Waals surface area contributed by atoms with Crippen LogP contribution in [-0.2, 0) is 4.79 Å². The Hall–Kier alpha value is -0.610. The Labute approximate surface area is 102 Å². The summed E-state index contributed by atoms with van der Waals surface area (Å²) in [4.78, 5) is 14.4. The van der Waals surface area contributed by atoms with Gasteiger partial charge in [0.1, 0.15) is 0 Å². The number of nitrogens with zero attached hydrogens (tertiary/aromatic N) is 1. The standard InChI is InChI=1S/C13H22N2O2/c16-9-13-4-1-2-11(13)7-15(8-13)12(17)10-3-5-14-6-10/h10-11,14,16H,1-9H2/t10-,11-,13-/m1/s1. The van der Waals surface area contributed by atoms with Gasteiger partial charge < -0.3 is 15.3 Å². The molecule has 2 heterocycles. The highest BCUT2D eigenvalue weighted by Crippen LogP contribution is 2.48. The highest BCUT2D eigenvalue weighted by molar-refractivity contribution is 5.79. The summed E-state index contributed by atoms with van der Waals surface area (Å²) < 4.78 is 0. The number of aliphatic hydroxyl groups excluding tert-OH is 1. The van der Waals surface area contributed by atoms with Crippen LogP contribution >= 0.6 is 0 Å². The summed E-state index contributed by atoms with van der Waals surface area (Å²) in [6, 6.07) is 0. The predicted octanol–water partition coefficient (Wildman–Crippen LogP) is 0.217. The third kappa shape index (κ3) is 1.78. The first-order valence-electron chi connectivity index (χ1n) is 6.85. The highest BCUT2D eigenvalue weighted by atomic mass is 16.3. The fourth-order valence-corrected chi connectivity index (χ4v) is 3.96. The van der Waals surface area contributed by atoms with E-state index in [1.54, 1.807) is 0 Å². The third-order valence-electron chi connectivity index (χ3n) is 5.08. The van der Waals surface area contributed by atoms with E-state index in [1.165, 1.54) is 12.8 Å². The van der Waals surface area contributed by atoms with Crippen molar-refractivity contribution in [2.75, 3.05) is 32.8 Å². The van der Waals surface area contributed by atoms with Crippen molar-refractivity contribution in [3.63, 3.8) is 0 Å². The van der Waals surface area contributed by atoms with E-state index in [0.29, 0.717) is 11.8 Å². The second-order valence-electron chi connectivity index (χ2n) is 6.02. The number of rotatable bonds is 2. The van der Waals surface area contributed by atoms with Crippen LogP contribution in [-0.4, -0.2) is 48.7 Å². The normalized spacial score (nSPS) is 40.9. The molecule has 0 unspecified atom stereocenters. The van der Waals surface area contributed by atoms with Crippen LogP contribution in [0.25, 0.3) is 0 Å². The van der Waals surface area contributed by atoms with Gasteiger partial charge in [-0.15, -0.1) is 0 Å². The molecule has 3 aliphatic rings. The van der Waals surface area contributed by atoms with Gasteiger partial charge in [-0.3, -0.25) is 4.79 Å². The van der Waals surface area contributed by atoms with E-state index >= 15 is 0 Å². The second kappa shape index (κ2) is 4.25. The number of carbonyl (C=O) groups is 1. The summed E-state index contributed by atoms with van der Waals surface area (Å²) in [6.45, 7) is 3.74. The van der Waals surface area contributed by atoms with Gasteiger partial charge in [0.2, 0.25) is 5.91 Å². The van der Waals surface area contributed by atoms with Gasteiger partial charge >= 0.3 is 0 Å². The van der Waals surface area contributed by atoms with E-state index in [0.717, 1.165) is 39.0 Å². The van der Waals surface area contributed by atoms with Gasteiger partial charge in [0.15, 0.2) is 0 Å². The molecule has 17 heavy (non-hydrogen) atoms. The molecule has 0 aromatic rings. The lowest BCUT2D eigenvalue weighted by Crippen LogP contribution is -2.38. The summed E-state index contributed by atoms with van der Waals surface area (Å²) in [5, 5.41) is 12.9. The molecule has 2 N–H and O–H groups in total. The van der Waals surface area contributed by atoms with Crippen LogP contribution in [0.15, 0.2) is 0 Å². The number of carbonyl (C=O) groups excluding carboxylic acids is 1. The summed E-state index contributed by atoms with van der Waals surface area (Å²) in [7, 11) is 0. The lowest BCUT2D eigenvalue weighted by Gasteiger charge is -2.26. The number of likely N-dealkylation sites (tertiary alicyclic amines) is 1. The van der Waals surface area contributed by atoms with E-state index in [-0.39, 0.29) is 17.9 Å². The smallest absolute Gasteiger partial charge is 0.227 e. The average Bonchev–Trinajstić information content (AvgIpc) is 3.03. The quantitative estimate of drug-likeness (QED) is 0.723. The van der Waals surface area contributed by atoms with Crippen molar-refractivity contribution < 1.29 is 9.90 Å². The van der Waals surface area contributed by atoms with Crippen molar-refractivity contribution in [3.05, 3.63) is 0 Å². The van der Waals surface area contributed by atoms with E-state index in [9.17, 15) is 9.90 Å². The van der Waals surface area contributed by atoms with E-state index in [2.05, 4.69) is 5.32 Å². The van der Waals surface area contributed by atoms with E-state index in [4.69, 9.17) is 0 Å². The molecule has 0 aromatic heterocycles. The van der Waals surface area contributed by atoms with Crippen LogP contribution in [0, 0.1) is 17.3 Å². The van der Waals surface area contributed by atoms with E-state index in [1.807, 2.05) is 4.90 Å². The number of hydrogen-bond donors (Lipinski definition) is 2. The molecule has 3 fully saturated rings. The summed E-state index contributed by atoms with van der Waals surface area (Å²) in [5.74, 6) is 1.05. The van der Waals surface area contributed by atoms with Gasteiger partial charge in [-0.25, -0.2) is 0 Å². The van der Waals surface area contributed by atoms with Crippen LogP contribution in [0.2, 0.25) is 0 Å². The summed E-state index contributed by atoms with van der Waals surface area (Å²) in [6.07, 6.45) is 4.48. The fraction of sp³-hybridized carbons (Fsp3) is 0.923. The van der Waals surface area contributed by atoms with Gasteiger partial charge in [-0.05, 0) is 31.7 Å². The molecule has 1 saturated carbocycles. The lowest BCUT2D eigenvalue weighted by atomic mass is 9.82. The number of hydrogen-bond acceptors (Lipinski definition) is 3. The van der Waals surface area contributed by atoms with Crippen LogP contribution in [0.4, 0.5) is 0 Å². The maximum Gasteiger partial charge on any atom is 0.227 e. The number of nitrogens with one attached hydrogen (secondary N) is 1. The zero-order valence-corrected chi connectivity index (χ0v) is 10.3. The first kappa shape index (κ1) is 11.5. The zero-order chi connectivity index (χ0) is 11.9. The molecule has 0 aromatic carbocycles. The Bertz CT molecular complexity index is 315. The summed E-state index contributed by atoms with van der Waals surface area (Å²) in [5.41, 5.74) is 0.0433. The molecule has 4 nitrogen and oxygen atoms in total. The Balaban J connectivity index is 1.69. The van der Waals surface area contributed by atoms with Gasteiger partial charge in [0.25, 0.3) is 0 Å².